The van der Waals surface area contributed by atoms with Crippen molar-refractivity contribution < 1.29 is 24.6 Å². The summed E-state index contributed by atoms with van der Waals surface area (Å²) >= 11 is 0. The van der Waals surface area contributed by atoms with E-state index < -0.39 is 31.1 Å². The fourth-order valence-corrected chi connectivity index (χ4v) is 1.36. The van der Waals surface area contributed by atoms with E-state index in [4.69, 9.17) is 10.2 Å². The van der Waals surface area contributed by atoms with Crippen molar-refractivity contribution in [3.05, 3.63) is 0 Å². The van der Waals surface area contributed by atoms with Gasteiger partial charge in [-0.25, -0.2) is 4.79 Å². The minimum absolute atomic E-state index is 0.123. The number of carbonyl (C=O) groups is 3. The average Bonchev–Trinajstić information content (AvgIpc) is 2.96. The van der Waals surface area contributed by atoms with Gasteiger partial charge >= 0.3 is 18.0 Å². The van der Waals surface area contributed by atoms with E-state index in [1.807, 2.05) is 0 Å². The van der Waals surface area contributed by atoms with Gasteiger partial charge in [0.15, 0.2) is 0 Å². The molecule has 1 rings (SSSR count). The predicted molar refractivity (Wildman–Crippen MR) is 53.0 cm³/mol. The summed E-state index contributed by atoms with van der Waals surface area (Å²) in [7, 11) is 1.55. The van der Waals surface area contributed by atoms with E-state index in [-0.39, 0.29) is 6.04 Å². The minimum Gasteiger partial charge on any atom is -0.480 e. The highest BCUT2D eigenvalue weighted by Gasteiger charge is 2.33. The fraction of sp³-hybridized carbons (Fsp3) is 0.667. The molecule has 1 saturated carbocycles. The van der Waals surface area contributed by atoms with Crippen molar-refractivity contribution in [2.45, 2.75) is 18.9 Å². The summed E-state index contributed by atoms with van der Waals surface area (Å²) in [6.07, 6.45) is 1.77. The minimum atomic E-state index is -1.22. The van der Waals surface area contributed by atoms with Gasteiger partial charge in [-0.05, 0) is 12.8 Å². The summed E-state index contributed by atoms with van der Waals surface area (Å²) in [6, 6.07) is -0.426. The third kappa shape index (κ3) is 3.41. The molecule has 90 valence electrons. The van der Waals surface area contributed by atoms with Gasteiger partial charge in [-0.3, -0.25) is 9.59 Å². The van der Waals surface area contributed by atoms with E-state index in [0.717, 1.165) is 17.7 Å². The lowest BCUT2D eigenvalue weighted by Gasteiger charge is -2.25. The zero-order valence-corrected chi connectivity index (χ0v) is 8.92. The van der Waals surface area contributed by atoms with Gasteiger partial charge in [-0.1, -0.05) is 0 Å². The normalized spacial score (nSPS) is 14.3. The Morgan fingerprint density at radius 1 is 1.12 bits per heavy atom. The number of rotatable bonds is 5. The Hall–Kier alpha value is -1.79. The number of nitrogens with zero attached hydrogens (tertiary/aromatic N) is 2. The molecule has 0 spiro atoms. The number of hydrogen-bond donors (Lipinski definition) is 2. The van der Waals surface area contributed by atoms with E-state index in [1.54, 1.807) is 7.05 Å². The molecule has 0 aromatic heterocycles. The first-order chi connectivity index (χ1) is 7.41. The fourth-order valence-electron chi connectivity index (χ4n) is 1.36. The van der Waals surface area contributed by atoms with Crippen LogP contribution in [0.25, 0.3) is 0 Å². The van der Waals surface area contributed by atoms with Gasteiger partial charge in [0.25, 0.3) is 0 Å². The second-order valence-corrected chi connectivity index (χ2v) is 3.77. The zero-order valence-electron chi connectivity index (χ0n) is 8.92. The predicted octanol–water partition coefficient (Wildman–Crippen LogP) is -0.328. The number of aliphatic carboxylic acids is 2. The molecular formula is C9H14N2O5. The molecule has 2 N–H and O–H groups in total. The Morgan fingerprint density at radius 3 is 1.88 bits per heavy atom. The average molecular weight is 230 g/mol. The van der Waals surface area contributed by atoms with Crippen molar-refractivity contribution in [2.75, 3.05) is 20.1 Å². The maximum atomic E-state index is 11.7. The lowest BCUT2D eigenvalue weighted by Crippen LogP contribution is -2.46. The van der Waals surface area contributed by atoms with Crippen molar-refractivity contribution >= 4 is 18.0 Å². The molecule has 7 heteroatoms. The molecule has 1 fully saturated rings. The first-order valence-electron chi connectivity index (χ1n) is 4.87. The van der Waals surface area contributed by atoms with Crippen LogP contribution in [0.15, 0.2) is 0 Å². The largest absolute Gasteiger partial charge is 0.480 e. The lowest BCUT2D eigenvalue weighted by molar-refractivity contribution is -0.140. The van der Waals surface area contributed by atoms with Gasteiger partial charge in [0.05, 0.1) is 0 Å². The molecule has 0 saturated heterocycles. The summed E-state index contributed by atoms with van der Waals surface area (Å²) in [5.74, 6) is -2.45. The van der Waals surface area contributed by atoms with Gasteiger partial charge in [-0.15, -0.1) is 0 Å². The Balaban J connectivity index is 2.61. The molecule has 1 aliphatic rings. The maximum Gasteiger partial charge on any atom is 0.323 e. The van der Waals surface area contributed by atoms with Crippen LogP contribution in [-0.2, 0) is 9.59 Å². The molecule has 0 atom stereocenters. The summed E-state index contributed by atoms with van der Waals surface area (Å²) < 4.78 is 0. The summed E-state index contributed by atoms with van der Waals surface area (Å²) in [4.78, 5) is 34.9. The van der Waals surface area contributed by atoms with Crippen LogP contribution in [0.1, 0.15) is 12.8 Å². The van der Waals surface area contributed by atoms with Crippen LogP contribution >= 0.6 is 0 Å². The molecule has 0 heterocycles. The van der Waals surface area contributed by atoms with Crippen LogP contribution in [0.4, 0.5) is 4.79 Å². The van der Waals surface area contributed by atoms with E-state index in [9.17, 15) is 14.4 Å². The quantitative estimate of drug-likeness (QED) is 0.674. The smallest absolute Gasteiger partial charge is 0.323 e. The van der Waals surface area contributed by atoms with Crippen LogP contribution in [-0.4, -0.2) is 64.2 Å². The molecule has 16 heavy (non-hydrogen) atoms. The molecule has 2 amide bonds. The third-order valence-corrected chi connectivity index (χ3v) is 2.32. The van der Waals surface area contributed by atoms with Gasteiger partial charge in [0.1, 0.15) is 13.1 Å². The number of amides is 2. The molecule has 7 nitrogen and oxygen atoms in total. The van der Waals surface area contributed by atoms with E-state index in [2.05, 4.69) is 0 Å². The van der Waals surface area contributed by atoms with Crippen LogP contribution in [0.5, 0.6) is 0 Å². The number of carbonyl (C=O) groups excluding carboxylic acids is 1. The molecule has 0 aromatic carbocycles. The Bertz CT molecular complexity index is 297. The van der Waals surface area contributed by atoms with Crippen LogP contribution in [0.3, 0.4) is 0 Å². The number of carboxylic acids is 2. The van der Waals surface area contributed by atoms with Gasteiger partial charge < -0.3 is 20.0 Å². The van der Waals surface area contributed by atoms with Gasteiger partial charge in [-0.2, -0.15) is 0 Å². The SMILES string of the molecule is CN(C(=O)N(CC(=O)O)CC(=O)O)C1CC1. The Morgan fingerprint density at radius 2 is 1.56 bits per heavy atom. The summed E-state index contributed by atoms with van der Waals surface area (Å²) in [5, 5.41) is 17.2. The first-order valence-corrected chi connectivity index (χ1v) is 4.87. The first kappa shape index (κ1) is 12.3. The molecular weight excluding hydrogens is 216 g/mol. The van der Waals surface area contributed by atoms with Crippen molar-refractivity contribution in [1.29, 1.82) is 0 Å². The Labute approximate surface area is 92.2 Å². The molecule has 1 aliphatic carbocycles. The van der Waals surface area contributed by atoms with Crippen LogP contribution in [0.2, 0.25) is 0 Å². The topological polar surface area (TPSA) is 98.2 Å². The van der Waals surface area contributed by atoms with Crippen molar-refractivity contribution in [2.24, 2.45) is 0 Å². The lowest BCUT2D eigenvalue weighted by atomic mass is 10.4. The monoisotopic (exact) mass is 230 g/mol. The van der Waals surface area contributed by atoms with Crippen molar-refractivity contribution in [3.63, 3.8) is 0 Å². The Kier molecular flexibility index (Phi) is 3.70. The second-order valence-electron chi connectivity index (χ2n) is 3.77. The number of carboxylic acid groups (broad SMARTS) is 2. The van der Waals surface area contributed by atoms with E-state index in [1.165, 1.54) is 4.90 Å². The molecule has 0 aromatic rings. The van der Waals surface area contributed by atoms with E-state index in [0.29, 0.717) is 0 Å². The van der Waals surface area contributed by atoms with Gasteiger partial charge in [0, 0.05) is 13.1 Å². The molecule has 0 aliphatic heterocycles. The molecule has 0 bridgehead atoms. The highest BCUT2D eigenvalue weighted by Crippen LogP contribution is 2.26. The van der Waals surface area contributed by atoms with Crippen LogP contribution in [0, 0.1) is 0 Å². The van der Waals surface area contributed by atoms with E-state index >= 15 is 0 Å². The molecule has 0 radical (unpaired) electrons. The highest BCUT2D eigenvalue weighted by molar-refractivity contribution is 5.84. The summed E-state index contributed by atoms with van der Waals surface area (Å²) in [6.45, 7) is -1.19. The maximum absolute atomic E-state index is 11.7. The third-order valence-electron chi connectivity index (χ3n) is 2.32. The van der Waals surface area contributed by atoms with Crippen molar-refractivity contribution in [1.82, 2.24) is 9.80 Å². The van der Waals surface area contributed by atoms with Gasteiger partial charge in [0.2, 0.25) is 0 Å². The van der Waals surface area contributed by atoms with Crippen LogP contribution < -0.4 is 0 Å². The molecule has 0 unspecified atom stereocenters. The summed E-state index contributed by atoms with van der Waals surface area (Å²) in [5.41, 5.74) is 0. The highest BCUT2D eigenvalue weighted by atomic mass is 16.4. The second kappa shape index (κ2) is 4.82. The zero-order chi connectivity index (χ0) is 12.3. The van der Waals surface area contributed by atoms with Crippen molar-refractivity contribution in [3.8, 4) is 0 Å². The number of urea groups is 1. The standard InChI is InChI=1S/C9H14N2O5/c1-10(6-2-3-6)9(16)11(4-7(12)13)5-8(14)15/h6H,2-5H2,1H3,(H,12,13)(H,14,15). The number of hydrogen-bond acceptors (Lipinski definition) is 3.